The molecule has 3 aromatic carbocycles. The lowest BCUT2D eigenvalue weighted by Gasteiger charge is -2.13. The van der Waals surface area contributed by atoms with Gasteiger partial charge in [0.15, 0.2) is 17.6 Å². The van der Waals surface area contributed by atoms with Crippen molar-refractivity contribution in [1.29, 1.82) is 0 Å². The van der Waals surface area contributed by atoms with E-state index in [1.54, 1.807) is 13.1 Å². The lowest BCUT2D eigenvalue weighted by atomic mass is 10.1. The SMILES string of the molecule is CCOc1ccc(/C=N/NC(=O)C(C)Oc2ccc(-c3ccccc3)cc2)cc1OCC. The van der Waals surface area contributed by atoms with Crippen molar-refractivity contribution >= 4 is 12.1 Å². The monoisotopic (exact) mass is 432 g/mol. The summed E-state index contributed by atoms with van der Waals surface area (Å²) in [4.78, 5) is 12.3. The highest BCUT2D eigenvalue weighted by atomic mass is 16.5. The van der Waals surface area contributed by atoms with Gasteiger partial charge in [0.05, 0.1) is 19.4 Å². The molecule has 0 saturated carbocycles. The van der Waals surface area contributed by atoms with Crippen LogP contribution in [-0.4, -0.2) is 31.4 Å². The maximum absolute atomic E-state index is 12.3. The number of amides is 1. The molecule has 0 spiro atoms. The van der Waals surface area contributed by atoms with E-state index >= 15 is 0 Å². The van der Waals surface area contributed by atoms with E-state index in [1.165, 1.54) is 0 Å². The topological polar surface area (TPSA) is 69.2 Å². The molecule has 0 bridgehead atoms. The average Bonchev–Trinajstić information content (AvgIpc) is 2.82. The number of benzene rings is 3. The van der Waals surface area contributed by atoms with E-state index in [9.17, 15) is 4.79 Å². The molecule has 0 aromatic heterocycles. The van der Waals surface area contributed by atoms with Crippen molar-refractivity contribution in [2.24, 2.45) is 5.10 Å². The summed E-state index contributed by atoms with van der Waals surface area (Å²) >= 11 is 0. The maximum atomic E-state index is 12.3. The second-order valence-electron chi connectivity index (χ2n) is 6.96. The Labute approximate surface area is 188 Å². The van der Waals surface area contributed by atoms with Crippen LogP contribution in [0.2, 0.25) is 0 Å². The van der Waals surface area contributed by atoms with Crippen LogP contribution in [0, 0.1) is 0 Å². The van der Waals surface area contributed by atoms with Crippen molar-refractivity contribution in [1.82, 2.24) is 5.43 Å². The molecule has 0 radical (unpaired) electrons. The summed E-state index contributed by atoms with van der Waals surface area (Å²) in [6.07, 6.45) is 0.853. The van der Waals surface area contributed by atoms with Gasteiger partial charge >= 0.3 is 0 Å². The number of hydrazone groups is 1. The van der Waals surface area contributed by atoms with E-state index in [1.807, 2.05) is 86.6 Å². The van der Waals surface area contributed by atoms with E-state index in [2.05, 4.69) is 10.5 Å². The molecule has 1 atom stereocenters. The van der Waals surface area contributed by atoms with Crippen LogP contribution in [0.1, 0.15) is 26.3 Å². The average molecular weight is 433 g/mol. The van der Waals surface area contributed by atoms with Crippen molar-refractivity contribution < 1.29 is 19.0 Å². The van der Waals surface area contributed by atoms with Crippen LogP contribution in [0.15, 0.2) is 77.9 Å². The van der Waals surface area contributed by atoms with Crippen LogP contribution in [0.5, 0.6) is 17.2 Å². The van der Waals surface area contributed by atoms with Crippen molar-refractivity contribution in [3.63, 3.8) is 0 Å². The fourth-order valence-electron chi connectivity index (χ4n) is 3.02. The van der Waals surface area contributed by atoms with Gasteiger partial charge in [-0.15, -0.1) is 0 Å². The van der Waals surface area contributed by atoms with Crippen LogP contribution in [0.25, 0.3) is 11.1 Å². The Morgan fingerprint density at radius 2 is 1.56 bits per heavy atom. The minimum Gasteiger partial charge on any atom is -0.490 e. The number of rotatable bonds is 10. The molecule has 1 unspecified atom stereocenters. The zero-order valence-electron chi connectivity index (χ0n) is 18.6. The minimum absolute atomic E-state index is 0.343. The van der Waals surface area contributed by atoms with Gasteiger partial charge in [-0.3, -0.25) is 4.79 Å². The number of hydrogen-bond donors (Lipinski definition) is 1. The van der Waals surface area contributed by atoms with Crippen molar-refractivity contribution in [3.05, 3.63) is 78.4 Å². The fraction of sp³-hybridized carbons (Fsp3) is 0.231. The van der Waals surface area contributed by atoms with E-state index in [0.717, 1.165) is 16.7 Å². The van der Waals surface area contributed by atoms with Gasteiger partial charge in [0.1, 0.15) is 5.75 Å². The number of nitrogens with one attached hydrogen (secondary N) is 1. The first-order valence-corrected chi connectivity index (χ1v) is 10.7. The number of carbonyl (C=O) groups excluding carboxylic acids is 1. The van der Waals surface area contributed by atoms with Gasteiger partial charge in [0.25, 0.3) is 5.91 Å². The minimum atomic E-state index is -0.700. The van der Waals surface area contributed by atoms with Crippen LogP contribution in [0.3, 0.4) is 0 Å². The van der Waals surface area contributed by atoms with Gasteiger partial charge < -0.3 is 14.2 Å². The summed E-state index contributed by atoms with van der Waals surface area (Å²) < 4.78 is 16.9. The quantitative estimate of drug-likeness (QED) is 0.359. The van der Waals surface area contributed by atoms with Gasteiger partial charge in [0, 0.05) is 0 Å². The molecule has 32 heavy (non-hydrogen) atoms. The molecule has 0 aliphatic carbocycles. The number of carbonyl (C=O) groups is 1. The standard InChI is InChI=1S/C26H28N2O4/c1-4-30-24-16-11-20(17-25(24)31-5-2)18-27-28-26(29)19(3)32-23-14-12-22(13-15-23)21-9-7-6-8-10-21/h6-19H,4-5H2,1-3H3,(H,28,29)/b27-18+. The summed E-state index contributed by atoms with van der Waals surface area (Å²) in [7, 11) is 0. The highest BCUT2D eigenvalue weighted by molar-refractivity contribution is 5.85. The van der Waals surface area contributed by atoms with Gasteiger partial charge in [-0.25, -0.2) is 5.43 Å². The first-order chi connectivity index (χ1) is 15.6. The third-order valence-corrected chi connectivity index (χ3v) is 4.60. The van der Waals surface area contributed by atoms with Crippen LogP contribution >= 0.6 is 0 Å². The van der Waals surface area contributed by atoms with E-state index in [0.29, 0.717) is 30.5 Å². The van der Waals surface area contributed by atoms with Crippen molar-refractivity contribution in [2.75, 3.05) is 13.2 Å². The first kappa shape index (κ1) is 22.9. The second-order valence-corrected chi connectivity index (χ2v) is 6.96. The first-order valence-electron chi connectivity index (χ1n) is 10.7. The van der Waals surface area contributed by atoms with E-state index in [4.69, 9.17) is 14.2 Å². The normalized spacial score (nSPS) is 11.7. The van der Waals surface area contributed by atoms with E-state index in [-0.39, 0.29) is 5.91 Å². The molecule has 6 nitrogen and oxygen atoms in total. The fourth-order valence-corrected chi connectivity index (χ4v) is 3.02. The van der Waals surface area contributed by atoms with Gasteiger partial charge in [0.2, 0.25) is 0 Å². The lowest BCUT2D eigenvalue weighted by Crippen LogP contribution is -2.33. The molecule has 3 aromatic rings. The van der Waals surface area contributed by atoms with Crippen LogP contribution in [-0.2, 0) is 4.79 Å². The Hall–Kier alpha value is -3.80. The molecule has 0 saturated heterocycles. The third kappa shape index (κ3) is 6.35. The molecular weight excluding hydrogens is 404 g/mol. The lowest BCUT2D eigenvalue weighted by molar-refractivity contribution is -0.127. The predicted octanol–water partition coefficient (Wildman–Crippen LogP) is 5.07. The highest BCUT2D eigenvalue weighted by Gasteiger charge is 2.14. The maximum Gasteiger partial charge on any atom is 0.280 e. The summed E-state index contributed by atoms with van der Waals surface area (Å²) in [6, 6.07) is 23.2. The van der Waals surface area contributed by atoms with Crippen LogP contribution in [0.4, 0.5) is 0 Å². The number of ether oxygens (including phenoxy) is 3. The Bertz CT molecular complexity index is 1030. The molecular formula is C26H28N2O4. The summed E-state index contributed by atoms with van der Waals surface area (Å²) in [6.45, 7) is 6.59. The van der Waals surface area contributed by atoms with Gasteiger partial charge in [-0.05, 0) is 67.8 Å². The van der Waals surface area contributed by atoms with Gasteiger partial charge in [-0.2, -0.15) is 5.10 Å². The summed E-state index contributed by atoms with van der Waals surface area (Å²) in [5.74, 6) is 1.59. The molecule has 1 N–H and O–H groups in total. The molecule has 6 heteroatoms. The Balaban J connectivity index is 1.55. The summed E-state index contributed by atoms with van der Waals surface area (Å²) in [5, 5.41) is 4.03. The Morgan fingerprint density at radius 1 is 0.906 bits per heavy atom. The zero-order valence-corrected chi connectivity index (χ0v) is 18.6. The second kappa shape index (κ2) is 11.6. The molecule has 0 fully saturated rings. The van der Waals surface area contributed by atoms with Crippen molar-refractivity contribution in [3.8, 4) is 28.4 Å². The van der Waals surface area contributed by atoms with Gasteiger partial charge in [-0.1, -0.05) is 42.5 Å². The van der Waals surface area contributed by atoms with Crippen molar-refractivity contribution in [2.45, 2.75) is 26.9 Å². The van der Waals surface area contributed by atoms with E-state index < -0.39 is 6.10 Å². The largest absolute Gasteiger partial charge is 0.490 e. The molecule has 1 amide bonds. The smallest absolute Gasteiger partial charge is 0.280 e. The Kier molecular flexibility index (Phi) is 8.26. The summed E-state index contributed by atoms with van der Waals surface area (Å²) in [5.41, 5.74) is 5.50. The molecule has 166 valence electrons. The molecule has 0 aliphatic rings. The molecule has 0 heterocycles. The highest BCUT2D eigenvalue weighted by Crippen LogP contribution is 2.28. The predicted molar refractivity (Wildman–Crippen MR) is 126 cm³/mol. The molecule has 3 rings (SSSR count). The third-order valence-electron chi connectivity index (χ3n) is 4.60. The zero-order chi connectivity index (χ0) is 22.8. The number of nitrogens with zero attached hydrogens (tertiary/aromatic N) is 1. The Morgan fingerprint density at radius 3 is 2.25 bits per heavy atom. The van der Waals surface area contributed by atoms with Crippen LogP contribution < -0.4 is 19.6 Å². The molecule has 0 aliphatic heterocycles. The number of hydrogen-bond acceptors (Lipinski definition) is 5.